The first kappa shape index (κ1) is 21.2. The molecule has 2 aromatic carbocycles. The summed E-state index contributed by atoms with van der Waals surface area (Å²) in [4.78, 5) is 14.3. The largest absolute Gasteiger partial charge is 0.454 e. The maximum Gasteiger partial charge on any atom is 0.246 e. The average molecular weight is 462 g/mol. The van der Waals surface area contributed by atoms with Crippen molar-refractivity contribution in [3.8, 4) is 17.1 Å². The molecule has 1 fully saturated rings. The van der Waals surface area contributed by atoms with E-state index in [1.54, 1.807) is 17.8 Å². The van der Waals surface area contributed by atoms with E-state index < -0.39 is 9.84 Å². The van der Waals surface area contributed by atoms with Crippen LogP contribution in [0, 0.1) is 0 Å². The highest BCUT2D eigenvalue weighted by Crippen LogP contribution is 2.30. The first-order valence-electron chi connectivity index (χ1n) is 10.7. The lowest BCUT2D eigenvalue weighted by Crippen LogP contribution is -2.36. The van der Waals surface area contributed by atoms with Gasteiger partial charge in [0.1, 0.15) is 11.3 Å². The number of rotatable bonds is 5. The van der Waals surface area contributed by atoms with Gasteiger partial charge >= 0.3 is 0 Å². The molecule has 3 heterocycles. The second kappa shape index (κ2) is 8.37. The molecule has 1 unspecified atom stereocenters. The van der Waals surface area contributed by atoms with Crippen molar-refractivity contribution in [1.29, 1.82) is 0 Å². The molecule has 0 spiro atoms. The number of likely N-dealkylation sites (N-methyl/N-ethyl adjacent to an activating group) is 1. The van der Waals surface area contributed by atoms with Crippen LogP contribution in [0.15, 0.2) is 77.4 Å². The van der Waals surface area contributed by atoms with Crippen LogP contribution in [0.5, 0.6) is 0 Å². The zero-order valence-electron chi connectivity index (χ0n) is 18.1. The summed E-state index contributed by atoms with van der Waals surface area (Å²) in [6.45, 7) is 0. The zero-order chi connectivity index (χ0) is 23.0. The van der Waals surface area contributed by atoms with Gasteiger partial charge in [-0.25, -0.2) is 13.1 Å². The standard InChI is InChI=1S/C25H23N3O4S/c1-27(21-13-14-33(30,31)17-21)24(29)12-11-19-16-28(20-8-3-2-4-9-20)26-25(19)23-15-18-7-5-6-10-22(18)32-23/h2-12,15-16,21H,13-14,17H2,1H3/b12-11+. The van der Waals surface area contributed by atoms with Gasteiger partial charge in [-0.3, -0.25) is 4.79 Å². The van der Waals surface area contributed by atoms with Crippen LogP contribution in [0.1, 0.15) is 12.0 Å². The van der Waals surface area contributed by atoms with Gasteiger partial charge in [0.05, 0.1) is 17.2 Å². The first-order valence-corrected chi connectivity index (χ1v) is 12.5. The molecule has 1 saturated heterocycles. The SMILES string of the molecule is CN(C(=O)/C=C/c1cn(-c2ccccc2)nc1-c1cc2ccccc2o1)C1CCS(=O)(=O)C1. The number of fused-ring (bicyclic) bond motifs is 1. The predicted octanol–water partition coefficient (Wildman–Crippen LogP) is 3.94. The Morgan fingerprint density at radius 2 is 1.91 bits per heavy atom. The Bertz CT molecular complexity index is 1420. The lowest BCUT2D eigenvalue weighted by atomic mass is 10.1. The number of nitrogens with zero attached hydrogens (tertiary/aromatic N) is 3. The summed E-state index contributed by atoms with van der Waals surface area (Å²) in [5, 5.41) is 5.70. The Balaban J connectivity index is 1.49. The smallest absolute Gasteiger partial charge is 0.246 e. The van der Waals surface area contributed by atoms with Gasteiger partial charge in [0.2, 0.25) is 5.91 Å². The normalized spacial score (nSPS) is 17.7. The molecule has 0 saturated carbocycles. The maximum atomic E-state index is 12.8. The maximum absolute atomic E-state index is 12.8. The van der Waals surface area contributed by atoms with E-state index >= 15 is 0 Å². The lowest BCUT2D eigenvalue weighted by Gasteiger charge is -2.21. The molecule has 33 heavy (non-hydrogen) atoms. The molecule has 5 rings (SSSR count). The number of para-hydroxylation sites is 2. The minimum atomic E-state index is -3.07. The third-order valence-corrected chi connectivity index (χ3v) is 7.68. The molecule has 2 aromatic heterocycles. The molecule has 0 N–H and O–H groups in total. The molecule has 1 aliphatic rings. The topological polar surface area (TPSA) is 85.4 Å². The highest BCUT2D eigenvalue weighted by atomic mass is 32.2. The number of aromatic nitrogens is 2. The Morgan fingerprint density at radius 1 is 1.15 bits per heavy atom. The number of hydrogen-bond acceptors (Lipinski definition) is 5. The van der Waals surface area contributed by atoms with Crippen LogP contribution in [-0.2, 0) is 14.6 Å². The Kier molecular flexibility index (Phi) is 5.38. The summed E-state index contributed by atoms with van der Waals surface area (Å²) >= 11 is 0. The van der Waals surface area contributed by atoms with E-state index in [4.69, 9.17) is 9.52 Å². The highest BCUT2D eigenvalue weighted by molar-refractivity contribution is 7.91. The fourth-order valence-electron chi connectivity index (χ4n) is 4.05. The van der Waals surface area contributed by atoms with Crippen molar-refractivity contribution in [3.05, 3.63) is 78.5 Å². The molecular weight excluding hydrogens is 438 g/mol. The molecule has 0 aliphatic carbocycles. The van der Waals surface area contributed by atoms with Gasteiger partial charge in [-0.1, -0.05) is 36.4 Å². The predicted molar refractivity (Wildman–Crippen MR) is 128 cm³/mol. The average Bonchev–Trinajstić information content (AvgIpc) is 3.53. The third kappa shape index (κ3) is 4.34. The van der Waals surface area contributed by atoms with E-state index in [9.17, 15) is 13.2 Å². The Labute approximate surface area is 191 Å². The van der Waals surface area contributed by atoms with E-state index in [2.05, 4.69) is 0 Å². The van der Waals surface area contributed by atoms with Gasteiger partial charge in [-0.05, 0) is 36.8 Å². The summed E-state index contributed by atoms with van der Waals surface area (Å²) < 4.78 is 31.3. The zero-order valence-corrected chi connectivity index (χ0v) is 18.9. The van der Waals surface area contributed by atoms with Crippen molar-refractivity contribution in [2.45, 2.75) is 12.5 Å². The van der Waals surface area contributed by atoms with Gasteiger partial charge < -0.3 is 9.32 Å². The molecular formula is C25H23N3O4S. The second-order valence-electron chi connectivity index (χ2n) is 8.20. The molecule has 0 radical (unpaired) electrons. The van der Waals surface area contributed by atoms with E-state index in [-0.39, 0.29) is 23.5 Å². The van der Waals surface area contributed by atoms with Crippen LogP contribution < -0.4 is 0 Å². The van der Waals surface area contributed by atoms with Gasteiger partial charge in [0.15, 0.2) is 15.6 Å². The van der Waals surface area contributed by atoms with Crippen LogP contribution in [-0.4, -0.2) is 53.6 Å². The molecule has 7 nitrogen and oxygen atoms in total. The van der Waals surface area contributed by atoms with Gasteiger partial charge in [0, 0.05) is 36.3 Å². The number of benzene rings is 2. The lowest BCUT2D eigenvalue weighted by molar-refractivity contribution is -0.126. The van der Waals surface area contributed by atoms with Crippen LogP contribution in [0.4, 0.5) is 0 Å². The quantitative estimate of drug-likeness (QED) is 0.420. The Hall–Kier alpha value is -3.65. The monoisotopic (exact) mass is 461 g/mol. The molecule has 1 amide bonds. The van der Waals surface area contributed by atoms with Crippen molar-refractivity contribution >= 4 is 32.8 Å². The summed E-state index contributed by atoms with van der Waals surface area (Å²) in [6.07, 6.45) is 5.48. The number of sulfone groups is 1. The first-order chi connectivity index (χ1) is 15.9. The van der Waals surface area contributed by atoms with Crippen molar-refractivity contribution in [1.82, 2.24) is 14.7 Å². The third-order valence-electron chi connectivity index (χ3n) is 5.93. The fourth-order valence-corrected chi connectivity index (χ4v) is 5.83. The molecule has 1 atom stereocenters. The van der Waals surface area contributed by atoms with Crippen molar-refractivity contribution in [2.75, 3.05) is 18.6 Å². The molecule has 168 valence electrons. The molecule has 1 aliphatic heterocycles. The summed E-state index contributed by atoms with van der Waals surface area (Å²) in [5.41, 5.74) is 2.98. The fraction of sp³-hybridized carbons (Fsp3) is 0.200. The Morgan fingerprint density at radius 3 is 2.64 bits per heavy atom. The minimum absolute atomic E-state index is 0.0131. The van der Waals surface area contributed by atoms with Crippen molar-refractivity contribution < 1.29 is 17.6 Å². The second-order valence-corrected chi connectivity index (χ2v) is 10.4. The molecule has 4 aromatic rings. The minimum Gasteiger partial charge on any atom is -0.454 e. The van der Waals surface area contributed by atoms with E-state index in [0.29, 0.717) is 17.9 Å². The molecule has 8 heteroatoms. The highest BCUT2D eigenvalue weighted by Gasteiger charge is 2.32. The number of hydrogen-bond donors (Lipinski definition) is 0. The van der Waals surface area contributed by atoms with Gasteiger partial charge in [-0.15, -0.1) is 0 Å². The van der Waals surface area contributed by atoms with Crippen molar-refractivity contribution in [3.63, 3.8) is 0 Å². The number of amides is 1. The summed E-state index contributed by atoms with van der Waals surface area (Å²) in [5.74, 6) is 0.492. The molecule has 0 bridgehead atoms. The summed E-state index contributed by atoms with van der Waals surface area (Å²) in [6, 6.07) is 19.1. The van der Waals surface area contributed by atoms with Gasteiger partial charge in [-0.2, -0.15) is 5.10 Å². The number of carbonyl (C=O) groups is 1. The van der Waals surface area contributed by atoms with Gasteiger partial charge in [0.25, 0.3) is 0 Å². The van der Waals surface area contributed by atoms with E-state index in [0.717, 1.165) is 22.2 Å². The number of carbonyl (C=O) groups excluding carboxylic acids is 1. The van der Waals surface area contributed by atoms with Crippen LogP contribution in [0.25, 0.3) is 34.2 Å². The van der Waals surface area contributed by atoms with E-state index in [1.165, 1.54) is 11.0 Å². The summed E-state index contributed by atoms with van der Waals surface area (Å²) in [7, 11) is -1.42. The number of furan rings is 1. The van der Waals surface area contributed by atoms with Crippen LogP contribution in [0.2, 0.25) is 0 Å². The van der Waals surface area contributed by atoms with Crippen LogP contribution >= 0.6 is 0 Å². The van der Waals surface area contributed by atoms with Crippen molar-refractivity contribution in [2.24, 2.45) is 0 Å². The van der Waals surface area contributed by atoms with E-state index in [1.807, 2.05) is 66.9 Å². The van der Waals surface area contributed by atoms with Crippen LogP contribution in [0.3, 0.4) is 0 Å².